The average molecular weight is 388 g/mol. The van der Waals surface area contributed by atoms with E-state index in [9.17, 15) is 8.42 Å². The summed E-state index contributed by atoms with van der Waals surface area (Å²) >= 11 is 0. The lowest BCUT2D eigenvalue weighted by Gasteiger charge is -2.26. The average Bonchev–Trinajstić information content (AvgIpc) is 3.13. The second-order valence-electron chi connectivity index (χ2n) is 7.24. The predicted octanol–water partition coefficient (Wildman–Crippen LogP) is 2.14. The van der Waals surface area contributed by atoms with E-state index in [1.54, 1.807) is 18.3 Å². The van der Waals surface area contributed by atoms with Crippen molar-refractivity contribution < 1.29 is 13.2 Å². The second-order valence-corrected chi connectivity index (χ2v) is 9.18. The van der Waals surface area contributed by atoms with E-state index in [4.69, 9.17) is 4.74 Å². The van der Waals surface area contributed by atoms with Gasteiger partial charge >= 0.3 is 0 Å². The third-order valence-electron chi connectivity index (χ3n) is 5.09. The highest BCUT2D eigenvalue weighted by molar-refractivity contribution is 7.89. The molecule has 2 aromatic rings. The quantitative estimate of drug-likeness (QED) is 0.799. The lowest BCUT2D eigenvalue weighted by molar-refractivity contribution is 0.122. The number of nitrogens with zero attached hydrogens (tertiary/aromatic N) is 4. The van der Waals surface area contributed by atoms with Crippen LogP contribution in [0.2, 0.25) is 0 Å². The molecule has 7 nitrogen and oxygen atoms in total. The van der Waals surface area contributed by atoms with Crippen molar-refractivity contribution in [3.63, 3.8) is 0 Å². The Kier molecular flexibility index (Phi) is 4.88. The molecule has 1 aromatic carbocycles. The summed E-state index contributed by atoms with van der Waals surface area (Å²) in [6, 6.07) is 7.16. The third-order valence-corrected chi connectivity index (χ3v) is 6.90. The van der Waals surface area contributed by atoms with E-state index in [1.807, 2.05) is 12.1 Å². The van der Waals surface area contributed by atoms with Crippen LogP contribution in [0.25, 0.3) is 0 Å². The van der Waals surface area contributed by atoms with Crippen LogP contribution in [-0.2, 0) is 27.8 Å². The van der Waals surface area contributed by atoms with Crippen molar-refractivity contribution in [3.8, 4) is 0 Å². The van der Waals surface area contributed by atoms with E-state index in [2.05, 4.69) is 28.7 Å². The van der Waals surface area contributed by atoms with Crippen molar-refractivity contribution in [2.24, 2.45) is 0 Å². The minimum Gasteiger partial charge on any atom is -0.378 e. The molecule has 0 amide bonds. The van der Waals surface area contributed by atoms with Gasteiger partial charge in [0.2, 0.25) is 16.0 Å². The summed E-state index contributed by atoms with van der Waals surface area (Å²) in [5.41, 5.74) is 2.78. The maximum atomic E-state index is 13.0. The summed E-state index contributed by atoms with van der Waals surface area (Å²) in [5, 5.41) is 0. The smallest absolute Gasteiger partial charge is 0.243 e. The van der Waals surface area contributed by atoms with Gasteiger partial charge in [0.25, 0.3) is 0 Å². The predicted molar refractivity (Wildman–Crippen MR) is 102 cm³/mol. The minimum atomic E-state index is -3.55. The maximum Gasteiger partial charge on any atom is 0.243 e. The summed E-state index contributed by atoms with van der Waals surface area (Å²) in [5.74, 6) is 1.02. The number of rotatable bonds is 4. The molecule has 0 radical (unpaired) electrons. The van der Waals surface area contributed by atoms with Crippen LogP contribution in [0.15, 0.2) is 35.4 Å². The first-order valence-electron chi connectivity index (χ1n) is 9.23. The number of benzene rings is 1. The van der Waals surface area contributed by atoms with Gasteiger partial charge in [-0.3, -0.25) is 0 Å². The highest BCUT2D eigenvalue weighted by atomic mass is 32.2. The van der Waals surface area contributed by atoms with Gasteiger partial charge in [0.15, 0.2) is 0 Å². The van der Waals surface area contributed by atoms with E-state index < -0.39 is 10.0 Å². The van der Waals surface area contributed by atoms with Crippen LogP contribution in [0.4, 0.5) is 5.95 Å². The molecule has 1 fully saturated rings. The minimum absolute atomic E-state index is 0.281. The van der Waals surface area contributed by atoms with Gasteiger partial charge in [-0.05, 0) is 23.6 Å². The van der Waals surface area contributed by atoms with E-state index in [0.717, 1.165) is 29.9 Å². The van der Waals surface area contributed by atoms with Crippen LogP contribution in [0.3, 0.4) is 0 Å². The summed E-state index contributed by atoms with van der Waals surface area (Å²) in [7, 11) is -3.55. The largest absolute Gasteiger partial charge is 0.378 e. The van der Waals surface area contributed by atoms with Gasteiger partial charge < -0.3 is 9.64 Å². The van der Waals surface area contributed by atoms with Crippen LogP contribution < -0.4 is 4.90 Å². The zero-order chi connectivity index (χ0) is 19.0. The Bertz CT molecular complexity index is 922. The molecular formula is C19H24N4O3S. The van der Waals surface area contributed by atoms with E-state index in [0.29, 0.717) is 36.5 Å². The number of aromatic nitrogens is 2. The van der Waals surface area contributed by atoms with E-state index in [-0.39, 0.29) is 6.54 Å². The fraction of sp³-hybridized carbons (Fsp3) is 0.474. The first-order valence-corrected chi connectivity index (χ1v) is 10.7. The molecule has 0 aliphatic carbocycles. The Labute approximate surface area is 160 Å². The molecule has 1 aromatic heterocycles. The van der Waals surface area contributed by atoms with Crippen LogP contribution in [0.5, 0.6) is 0 Å². The van der Waals surface area contributed by atoms with Crippen molar-refractivity contribution in [2.75, 3.05) is 31.2 Å². The topological polar surface area (TPSA) is 75.6 Å². The van der Waals surface area contributed by atoms with Crippen molar-refractivity contribution >= 4 is 16.0 Å². The number of ether oxygens (including phenoxy) is 1. The molecule has 0 bridgehead atoms. The molecule has 0 spiro atoms. The SMILES string of the molecule is CC(C)c1ccc(S(=O)(=O)N2Cc3cnc(N4CCOCC4)nc3C2)cc1. The molecule has 4 rings (SSSR count). The van der Waals surface area contributed by atoms with Gasteiger partial charge in [-0.15, -0.1) is 0 Å². The number of anilines is 1. The number of sulfonamides is 1. The second kappa shape index (κ2) is 7.18. The summed E-state index contributed by atoms with van der Waals surface area (Å²) in [6.07, 6.45) is 1.75. The number of hydrogen-bond acceptors (Lipinski definition) is 6. The summed E-state index contributed by atoms with van der Waals surface area (Å²) in [6.45, 7) is 7.60. The summed E-state index contributed by atoms with van der Waals surface area (Å²) in [4.78, 5) is 11.5. The van der Waals surface area contributed by atoms with Crippen LogP contribution in [0.1, 0.15) is 36.6 Å². The zero-order valence-electron chi connectivity index (χ0n) is 15.6. The lowest BCUT2D eigenvalue weighted by Crippen LogP contribution is -2.37. The molecule has 0 unspecified atom stereocenters. The molecule has 3 heterocycles. The van der Waals surface area contributed by atoms with Gasteiger partial charge in [-0.1, -0.05) is 26.0 Å². The standard InChI is InChI=1S/C19H24N4O3S/c1-14(2)15-3-5-17(6-4-15)27(24,25)23-12-16-11-20-19(21-18(16)13-23)22-7-9-26-10-8-22/h3-6,11,14H,7-10,12-13H2,1-2H3. The zero-order valence-corrected chi connectivity index (χ0v) is 16.4. The molecule has 0 atom stereocenters. The molecule has 2 aliphatic heterocycles. The molecule has 8 heteroatoms. The fourth-order valence-corrected chi connectivity index (χ4v) is 4.75. The van der Waals surface area contributed by atoms with Crippen molar-refractivity contribution in [1.82, 2.24) is 14.3 Å². The third kappa shape index (κ3) is 3.56. The van der Waals surface area contributed by atoms with Crippen LogP contribution in [-0.4, -0.2) is 49.0 Å². The van der Waals surface area contributed by atoms with Gasteiger partial charge in [0, 0.05) is 31.4 Å². The molecule has 1 saturated heterocycles. The Morgan fingerprint density at radius 1 is 1.07 bits per heavy atom. The Morgan fingerprint density at radius 2 is 1.78 bits per heavy atom. The molecule has 0 N–H and O–H groups in total. The molecule has 0 saturated carbocycles. The Morgan fingerprint density at radius 3 is 2.44 bits per heavy atom. The van der Waals surface area contributed by atoms with E-state index >= 15 is 0 Å². The highest BCUT2D eigenvalue weighted by Crippen LogP contribution is 2.29. The van der Waals surface area contributed by atoms with E-state index in [1.165, 1.54) is 4.31 Å². The van der Waals surface area contributed by atoms with Crippen molar-refractivity contribution in [3.05, 3.63) is 47.3 Å². The number of morpholine rings is 1. The van der Waals surface area contributed by atoms with Gasteiger partial charge in [0.1, 0.15) is 0 Å². The van der Waals surface area contributed by atoms with Crippen LogP contribution >= 0.6 is 0 Å². The first-order chi connectivity index (χ1) is 12.9. The Hall–Kier alpha value is -2.03. The summed E-state index contributed by atoms with van der Waals surface area (Å²) < 4.78 is 32.9. The first kappa shape index (κ1) is 18.3. The van der Waals surface area contributed by atoms with Gasteiger partial charge in [0.05, 0.1) is 30.3 Å². The lowest BCUT2D eigenvalue weighted by atomic mass is 10.0. The molecule has 27 heavy (non-hydrogen) atoms. The van der Waals surface area contributed by atoms with Crippen molar-refractivity contribution in [1.29, 1.82) is 0 Å². The highest BCUT2D eigenvalue weighted by Gasteiger charge is 2.32. The normalized spacial score (nSPS) is 18.1. The number of fused-ring (bicyclic) bond motifs is 1. The monoisotopic (exact) mass is 388 g/mol. The van der Waals surface area contributed by atoms with Gasteiger partial charge in [-0.2, -0.15) is 4.31 Å². The number of hydrogen-bond donors (Lipinski definition) is 0. The fourth-order valence-electron chi connectivity index (χ4n) is 3.37. The molecular weight excluding hydrogens is 364 g/mol. The van der Waals surface area contributed by atoms with Gasteiger partial charge in [-0.25, -0.2) is 18.4 Å². The van der Waals surface area contributed by atoms with Crippen LogP contribution in [0, 0.1) is 0 Å². The maximum absolute atomic E-state index is 13.0. The molecule has 144 valence electrons. The Balaban J connectivity index is 1.54. The van der Waals surface area contributed by atoms with Crippen molar-refractivity contribution in [2.45, 2.75) is 37.8 Å². The molecule has 2 aliphatic rings.